The van der Waals surface area contributed by atoms with Crippen molar-refractivity contribution in [3.8, 4) is 0 Å². The summed E-state index contributed by atoms with van der Waals surface area (Å²) >= 11 is 12.3. The van der Waals surface area contributed by atoms with Gasteiger partial charge in [0.2, 0.25) is 0 Å². The molecule has 2 heterocycles. The maximum absolute atomic E-state index is 14.7. The van der Waals surface area contributed by atoms with Gasteiger partial charge in [0.05, 0.1) is 11.4 Å². The minimum Gasteiger partial charge on any atom is -0.289 e. The van der Waals surface area contributed by atoms with Crippen molar-refractivity contribution in [1.82, 2.24) is 0 Å². The van der Waals surface area contributed by atoms with Crippen molar-refractivity contribution in [3.63, 3.8) is 0 Å². The lowest BCUT2D eigenvalue weighted by Crippen LogP contribution is -2.38. The summed E-state index contributed by atoms with van der Waals surface area (Å²) in [7, 11) is 0. The number of amides is 2. The summed E-state index contributed by atoms with van der Waals surface area (Å²) in [6.45, 7) is 0. The fraction of sp³-hybridized carbons (Fsp3) is 0. The maximum Gasteiger partial charge on any atom is 0.282 e. The van der Waals surface area contributed by atoms with E-state index in [0.717, 1.165) is 11.1 Å². The third kappa shape index (κ3) is 6.81. The molecular weight excluding hydrogens is 715 g/mol. The molecule has 54 heavy (non-hydrogen) atoms. The third-order valence-corrected chi connectivity index (χ3v) is 9.39. The van der Waals surface area contributed by atoms with Gasteiger partial charge in [0.15, 0.2) is 5.78 Å². The molecule has 0 bridgehead atoms. The summed E-state index contributed by atoms with van der Waals surface area (Å²) < 4.78 is 0. The highest BCUT2D eigenvalue weighted by Crippen LogP contribution is 2.40. The average Bonchev–Trinajstić information content (AvgIpc) is 3.71. The number of nitrogens with zero attached hydrogens (tertiary/aromatic N) is 4. The van der Waals surface area contributed by atoms with Crippen molar-refractivity contribution in [2.24, 2.45) is 9.98 Å². The molecule has 7 nitrogen and oxygen atoms in total. The molecule has 0 radical (unpaired) electrons. The minimum atomic E-state index is -0.448. The van der Waals surface area contributed by atoms with Crippen LogP contribution >= 0.6 is 23.2 Å². The number of ketones is 1. The Morgan fingerprint density at radius 2 is 0.907 bits per heavy atom. The highest BCUT2D eigenvalue weighted by molar-refractivity contribution is 6.38. The van der Waals surface area contributed by atoms with Crippen LogP contribution in [0, 0.1) is 0 Å². The van der Waals surface area contributed by atoms with Crippen molar-refractivity contribution in [2.75, 3.05) is 9.80 Å². The molecule has 6 aromatic carbocycles. The molecule has 0 saturated carbocycles. The number of carbonyl (C=O) groups excluding carboxylic acids is 3. The van der Waals surface area contributed by atoms with E-state index in [1.165, 1.54) is 9.80 Å². The number of hydrogen-bond acceptors (Lipinski definition) is 5. The van der Waals surface area contributed by atoms with E-state index in [2.05, 4.69) is 0 Å². The lowest BCUT2D eigenvalue weighted by Gasteiger charge is -2.27. The molecule has 8 rings (SSSR count). The summed E-state index contributed by atoms with van der Waals surface area (Å²) in [5.74, 6) is -0.442. The number of rotatable bonds is 8. The first-order chi connectivity index (χ1) is 26.3. The van der Waals surface area contributed by atoms with Crippen LogP contribution in [0.5, 0.6) is 0 Å². The summed E-state index contributed by atoms with van der Waals surface area (Å²) in [5, 5.41) is 1.13. The van der Waals surface area contributed by atoms with E-state index in [1.54, 1.807) is 103 Å². The molecule has 2 amide bonds. The van der Waals surface area contributed by atoms with Crippen molar-refractivity contribution < 1.29 is 14.4 Å². The van der Waals surface area contributed by atoms with Gasteiger partial charge in [-0.15, -0.1) is 0 Å². The zero-order valence-corrected chi connectivity index (χ0v) is 29.9. The first-order valence-electron chi connectivity index (χ1n) is 17.0. The van der Waals surface area contributed by atoms with Gasteiger partial charge in [-0.25, -0.2) is 9.98 Å². The number of halogens is 2. The van der Waals surface area contributed by atoms with Crippen LogP contribution in [-0.2, 0) is 9.59 Å². The molecule has 9 heteroatoms. The Kier molecular flexibility index (Phi) is 9.40. The SMILES string of the molecule is O=C(c1ccccc1)c1ccc(N2C(=O)C(=Cc3ccc(Cl)cc3)N=C2c2ccccc2)c(N2C(=O)C(=Cc3ccc(Cl)cc3)N=C2c2ccccc2)c1. The largest absolute Gasteiger partial charge is 0.289 e. The van der Waals surface area contributed by atoms with Crippen molar-refractivity contribution in [1.29, 1.82) is 0 Å². The molecule has 0 N–H and O–H groups in total. The number of amidine groups is 2. The molecule has 2 aliphatic rings. The zero-order chi connectivity index (χ0) is 37.2. The van der Waals surface area contributed by atoms with E-state index in [9.17, 15) is 14.4 Å². The van der Waals surface area contributed by atoms with Crippen LogP contribution in [0.4, 0.5) is 11.4 Å². The van der Waals surface area contributed by atoms with Gasteiger partial charge in [-0.1, -0.05) is 138 Å². The van der Waals surface area contributed by atoms with Crippen LogP contribution in [0.2, 0.25) is 10.0 Å². The summed E-state index contributed by atoms with van der Waals surface area (Å²) in [6, 6.07) is 46.7. The number of aliphatic imine (C=N–C) groups is 2. The quantitative estimate of drug-likeness (QED) is 0.115. The van der Waals surface area contributed by atoms with Gasteiger partial charge in [0.25, 0.3) is 11.8 Å². The van der Waals surface area contributed by atoms with E-state index in [1.807, 2.05) is 66.7 Å². The molecule has 0 fully saturated rings. The molecular formula is C45H28Cl2N4O3. The summed E-state index contributed by atoms with van der Waals surface area (Å²) in [6.07, 6.45) is 3.38. The summed E-state index contributed by atoms with van der Waals surface area (Å²) in [4.78, 5) is 56.0. The van der Waals surface area contributed by atoms with Gasteiger partial charge in [0.1, 0.15) is 23.1 Å². The van der Waals surface area contributed by atoms with Gasteiger partial charge >= 0.3 is 0 Å². The first-order valence-corrected chi connectivity index (χ1v) is 17.7. The van der Waals surface area contributed by atoms with E-state index >= 15 is 0 Å². The van der Waals surface area contributed by atoms with E-state index in [0.29, 0.717) is 49.7 Å². The molecule has 2 aliphatic heterocycles. The van der Waals surface area contributed by atoms with E-state index in [4.69, 9.17) is 33.2 Å². The molecule has 0 saturated heterocycles. The Morgan fingerprint density at radius 1 is 0.481 bits per heavy atom. The monoisotopic (exact) mass is 742 g/mol. The Balaban J connectivity index is 1.34. The van der Waals surface area contributed by atoms with Crippen molar-refractivity contribution >= 4 is 76.0 Å². The first kappa shape index (κ1) is 34.4. The van der Waals surface area contributed by atoms with Crippen LogP contribution in [0.3, 0.4) is 0 Å². The smallest absolute Gasteiger partial charge is 0.282 e. The molecule has 0 spiro atoms. The molecule has 0 aromatic heterocycles. The van der Waals surface area contributed by atoms with Crippen LogP contribution < -0.4 is 9.80 Å². The van der Waals surface area contributed by atoms with Crippen molar-refractivity contribution in [3.05, 3.63) is 213 Å². The van der Waals surface area contributed by atoms with Gasteiger partial charge in [-0.3, -0.25) is 24.2 Å². The third-order valence-electron chi connectivity index (χ3n) is 8.89. The second kappa shape index (κ2) is 14.8. The molecule has 260 valence electrons. The number of anilines is 2. The van der Waals surface area contributed by atoms with E-state index in [-0.39, 0.29) is 22.9 Å². The minimum absolute atomic E-state index is 0.162. The van der Waals surface area contributed by atoms with Crippen LogP contribution in [0.15, 0.2) is 179 Å². The van der Waals surface area contributed by atoms with Gasteiger partial charge in [0, 0.05) is 32.3 Å². The molecule has 6 aromatic rings. The second-order valence-corrected chi connectivity index (χ2v) is 13.3. The normalized spacial score (nSPS) is 15.6. The van der Waals surface area contributed by atoms with Crippen LogP contribution in [-0.4, -0.2) is 29.3 Å². The number of benzene rings is 6. The Bertz CT molecular complexity index is 2550. The van der Waals surface area contributed by atoms with Gasteiger partial charge < -0.3 is 0 Å². The van der Waals surface area contributed by atoms with Crippen molar-refractivity contribution in [2.45, 2.75) is 0 Å². The highest BCUT2D eigenvalue weighted by atomic mass is 35.5. The number of hydrogen-bond donors (Lipinski definition) is 0. The second-order valence-electron chi connectivity index (χ2n) is 12.4. The highest BCUT2D eigenvalue weighted by Gasteiger charge is 2.39. The average molecular weight is 744 g/mol. The standard InChI is InChI=1S/C45H28Cl2N4O3/c46-35-21-16-29(17-22-35)26-37-44(53)50(42(48-37)32-12-6-2-7-13-32)39-25-20-34(41(52)31-10-4-1-5-11-31)28-40(39)51-43(33-14-8-3-9-15-33)49-38(45(51)54)27-30-18-23-36(47)24-19-30/h1-28H. The maximum atomic E-state index is 14.7. The Hall–Kier alpha value is -6.67. The Morgan fingerprint density at radius 3 is 1.37 bits per heavy atom. The van der Waals surface area contributed by atoms with Crippen LogP contribution in [0.25, 0.3) is 12.2 Å². The van der Waals surface area contributed by atoms with E-state index < -0.39 is 11.8 Å². The zero-order valence-electron chi connectivity index (χ0n) is 28.4. The molecule has 0 unspecified atom stereocenters. The van der Waals surface area contributed by atoms with Gasteiger partial charge in [-0.2, -0.15) is 0 Å². The fourth-order valence-electron chi connectivity index (χ4n) is 6.26. The Labute approximate surface area is 321 Å². The summed E-state index contributed by atoms with van der Waals surface area (Å²) in [5.41, 5.74) is 4.52. The topological polar surface area (TPSA) is 82.4 Å². The van der Waals surface area contributed by atoms with Gasteiger partial charge in [-0.05, 0) is 65.7 Å². The predicted octanol–water partition coefficient (Wildman–Crippen LogP) is 9.89. The predicted molar refractivity (Wildman–Crippen MR) is 216 cm³/mol. The number of carbonyl (C=O) groups is 3. The van der Waals surface area contributed by atoms with Crippen LogP contribution in [0.1, 0.15) is 38.2 Å². The molecule has 0 atom stereocenters. The fourth-order valence-corrected chi connectivity index (χ4v) is 6.52. The molecule has 0 aliphatic carbocycles. The lowest BCUT2D eigenvalue weighted by atomic mass is 10.0. The lowest BCUT2D eigenvalue weighted by molar-refractivity contribution is -0.114.